The van der Waals surface area contributed by atoms with Gasteiger partial charge in [-0.15, -0.1) is 0 Å². The lowest BCUT2D eigenvalue weighted by molar-refractivity contribution is 0.457. The number of aromatic hydroxyl groups is 1. The Morgan fingerprint density at radius 1 is 1.12 bits per heavy atom. The zero-order valence-electron chi connectivity index (χ0n) is 18.8. The summed E-state index contributed by atoms with van der Waals surface area (Å²) in [6, 6.07) is 8.46. The largest absolute Gasteiger partial charge is 0.494 e. The van der Waals surface area contributed by atoms with Crippen LogP contribution in [0.25, 0.3) is 29.1 Å². The normalized spacial score (nSPS) is 14.6. The first-order valence-corrected chi connectivity index (χ1v) is 11.0. The lowest BCUT2D eigenvalue weighted by Gasteiger charge is -2.26. The molecule has 6 rings (SSSR count). The van der Waals surface area contributed by atoms with Crippen LogP contribution in [-0.2, 0) is 20.6 Å². The van der Waals surface area contributed by atoms with Crippen molar-refractivity contribution >= 4 is 23.5 Å². The lowest BCUT2D eigenvalue weighted by Crippen LogP contribution is -2.39. The third-order valence-electron chi connectivity index (χ3n) is 6.48. The summed E-state index contributed by atoms with van der Waals surface area (Å²) in [7, 11) is 3.91. The van der Waals surface area contributed by atoms with Gasteiger partial charge >= 0.3 is 0 Å². The number of aromatic amines is 1. The SMILES string of the molecule is Cn1cncc1CN=c1ccn(C)c2c1C=CC1=c3c-2c(O)[nH]c3=CCN1c1ccc(F)cc1. The van der Waals surface area contributed by atoms with Crippen molar-refractivity contribution < 1.29 is 9.50 Å². The van der Waals surface area contributed by atoms with Crippen LogP contribution in [0.2, 0.25) is 0 Å². The average Bonchev–Trinajstić information content (AvgIpc) is 3.32. The summed E-state index contributed by atoms with van der Waals surface area (Å²) in [4.78, 5) is 14.3. The van der Waals surface area contributed by atoms with Crippen LogP contribution < -0.4 is 20.8 Å². The number of aromatic nitrogens is 4. The van der Waals surface area contributed by atoms with Crippen molar-refractivity contribution in [2.45, 2.75) is 6.54 Å². The molecule has 7 nitrogen and oxygen atoms in total. The summed E-state index contributed by atoms with van der Waals surface area (Å²) >= 11 is 0. The van der Waals surface area contributed by atoms with Gasteiger partial charge in [-0.1, -0.05) is 0 Å². The van der Waals surface area contributed by atoms with Gasteiger partial charge in [-0.3, -0.25) is 4.99 Å². The number of rotatable bonds is 3. The van der Waals surface area contributed by atoms with E-state index < -0.39 is 0 Å². The Bertz CT molecular complexity index is 1650. The van der Waals surface area contributed by atoms with Crippen LogP contribution in [0.5, 0.6) is 5.88 Å². The molecule has 1 aliphatic heterocycles. The second-order valence-corrected chi connectivity index (χ2v) is 8.53. The summed E-state index contributed by atoms with van der Waals surface area (Å²) in [5, 5.41) is 13.6. The molecule has 4 aromatic rings. The van der Waals surface area contributed by atoms with Gasteiger partial charge in [0.25, 0.3) is 0 Å². The highest BCUT2D eigenvalue weighted by Crippen LogP contribution is 2.31. The molecular formula is C26H23FN6O. The predicted octanol–water partition coefficient (Wildman–Crippen LogP) is 2.13. The fourth-order valence-corrected chi connectivity index (χ4v) is 4.75. The van der Waals surface area contributed by atoms with E-state index >= 15 is 0 Å². The smallest absolute Gasteiger partial charge is 0.199 e. The van der Waals surface area contributed by atoms with Gasteiger partial charge in [-0.25, -0.2) is 9.37 Å². The maximum atomic E-state index is 13.6. The summed E-state index contributed by atoms with van der Waals surface area (Å²) < 4.78 is 17.5. The number of hydrogen-bond donors (Lipinski definition) is 2. The van der Waals surface area contributed by atoms with Crippen LogP contribution in [0.15, 0.2) is 60.1 Å². The Morgan fingerprint density at radius 2 is 1.94 bits per heavy atom. The molecule has 0 saturated heterocycles. The molecule has 3 aromatic heterocycles. The summed E-state index contributed by atoms with van der Waals surface area (Å²) in [5.41, 5.74) is 5.35. The zero-order chi connectivity index (χ0) is 23.4. The van der Waals surface area contributed by atoms with Crippen LogP contribution in [0.1, 0.15) is 11.3 Å². The van der Waals surface area contributed by atoms with E-state index in [1.54, 1.807) is 18.5 Å². The number of anilines is 1. The van der Waals surface area contributed by atoms with Gasteiger partial charge in [-0.2, -0.15) is 0 Å². The number of benzene rings is 1. The Balaban J connectivity index is 1.58. The summed E-state index contributed by atoms with van der Waals surface area (Å²) in [6.45, 7) is 1.09. The summed E-state index contributed by atoms with van der Waals surface area (Å²) in [6.07, 6.45) is 11.7. The number of halogens is 1. The molecule has 0 amide bonds. The van der Waals surface area contributed by atoms with Crippen molar-refractivity contribution in [3.05, 3.63) is 88.1 Å². The van der Waals surface area contributed by atoms with Crippen molar-refractivity contribution in [3.8, 4) is 17.1 Å². The molecule has 4 heterocycles. The quantitative estimate of drug-likeness (QED) is 0.498. The topological polar surface area (TPSA) is 74.4 Å². The molecule has 0 fully saturated rings. The van der Waals surface area contributed by atoms with Crippen molar-refractivity contribution in [1.82, 2.24) is 19.1 Å². The average molecular weight is 455 g/mol. The Hall–Kier alpha value is -4.33. The maximum absolute atomic E-state index is 13.6. The molecule has 2 N–H and O–H groups in total. The van der Waals surface area contributed by atoms with E-state index in [9.17, 15) is 9.50 Å². The van der Waals surface area contributed by atoms with E-state index in [1.807, 2.05) is 47.8 Å². The number of nitrogens with one attached hydrogen (secondary N) is 1. The van der Waals surface area contributed by atoms with E-state index in [0.717, 1.165) is 49.8 Å². The van der Waals surface area contributed by atoms with Gasteiger partial charge in [0.15, 0.2) is 5.88 Å². The third kappa shape index (κ3) is 3.10. The molecule has 0 unspecified atom stereocenters. The van der Waals surface area contributed by atoms with E-state index in [0.29, 0.717) is 13.1 Å². The maximum Gasteiger partial charge on any atom is 0.199 e. The number of fused-ring (bicyclic) bond motifs is 2. The third-order valence-corrected chi connectivity index (χ3v) is 6.48. The van der Waals surface area contributed by atoms with Gasteiger partial charge in [0.2, 0.25) is 0 Å². The van der Waals surface area contributed by atoms with Crippen molar-refractivity contribution in [1.29, 1.82) is 0 Å². The minimum absolute atomic E-state index is 0.115. The number of nitrogens with zero attached hydrogens (tertiary/aromatic N) is 5. The molecule has 0 bridgehead atoms. The number of pyridine rings is 1. The molecular weight excluding hydrogens is 431 g/mol. The molecule has 0 spiro atoms. The molecule has 0 atom stereocenters. The minimum atomic E-state index is -0.272. The first-order valence-electron chi connectivity index (χ1n) is 11.0. The van der Waals surface area contributed by atoms with Crippen LogP contribution in [0.4, 0.5) is 10.1 Å². The van der Waals surface area contributed by atoms with E-state index in [-0.39, 0.29) is 11.7 Å². The Labute approximate surface area is 194 Å². The molecule has 34 heavy (non-hydrogen) atoms. The molecule has 1 aliphatic carbocycles. The fraction of sp³-hybridized carbons (Fsp3) is 0.154. The molecule has 170 valence electrons. The molecule has 8 heteroatoms. The summed E-state index contributed by atoms with van der Waals surface area (Å²) in [5.74, 6) is -0.157. The second-order valence-electron chi connectivity index (χ2n) is 8.53. The zero-order valence-corrected chi connectivity index (χ0v) is 18.8. The second kappa shape index (κ2) is 7.62. The van der Waals surface area contributed by atoms with E-state index in [4.69, 9.17) is 4.99 Å². The number of imidazole rings is 1. The Kier molecular flexibility index (Phi) is 4.55. The van der Waals surface area contributed by atoms with Gasteiger partial charge in [0.1, 0.15) is 5.82 Å². The first kappa shape index (κ1) is 20.3. The van der Waals surface area contributed by atoms with Crippen molar-refractivity contribution in [3.63, 3.8) is 0 Å². The van der Waals surface area contributed by atoms with E-state index in [1.165, 1.54) is 12.1 Å². The van der Waals surface area contributed by atoms with Crippen molar-refractivity contribution in [2.24, 2.45) is 19.1 Å². The highest BCUT2D eigenvalue weighted by Gasteiger charge is 2.25. The highest BCUT2D eigenvalue weighted by molar-refractivity contribution is 5.90. The highest BCUT2D eigenvalue weighted by atomic mass is 19.1. The number of hydrogen-bond acceptors (Lipinski definition) is 4. The Morgan fingerprint density at radius 3 is 2.71 bits per heavy atom. The molecule has 0 radical (unpaired) electrons. The molecule has 2 aliphatic rings. The predicted molar refractivity (Wildman–Crippen MR) is 129 cm³/mol. The lowest BCUT2D eigenvalue weighted by atomic mass is 10.1. The van der Waals surface area contributed by atoms with Crippen LogP contribution in [0.3, 0.4) is 0 Å². The fourth-order valence-electron chi connectivity index (χ4n) is 4.75. The molecule has 0 saturated carbocycles. The minimum Gasteiger partial charge on any atom is -0.494 e. The van der Waals surface area contributed by atoms with Gasteiger partial charge in [-0.05, 0) is 48.6 Å². The monoisotopic (exact) mass is 454 g/mol. The standard InChI is InChI=1S/C26H23FN6O/c1-31-11-9-20(29-14-18-13-28-15-32(18)2)19-7-8-22-23-21(30-26(34)24(23)25(19)31)10-12-33(22)17-5-3-16(27)4-6-17/h3-11,13,15,30,34H,12,14H2,1-2H3. The first-order chi connectivity index (χ1) is 16.5. The van der Waals surface area contributed by atoms with Crippen LogP contribution in [-0.4, -0.2) is 30.8 Å². The van der Waals surface area contributed by atoms with Crippen molar-refractivity contribution in [2.75, 3.05) is 11.4 Å². The van der Waals surface area contributed by atoms with Crippen LogP contribution >= 0.6 is 0 Å². The van der Waals surface area contributed by atoms with E-state index in [2.05, 4.69) is 27.0 Å². The van der Waals surface area contributed by atoms with Gasteiger partial charge in [0, 0.05) is 48.7 Å². The molecule has 1 aromatic carbocycles. The number of H-pyrrole nitrogens is 1. The van der Waals surface area contributed by atoms with Crippen LogP contribution in [0, 0.1) is 5.82 Å². The number of aryl methyl sites for hydroxylation is 2. The van der Waals surface area contributed by atoms with Gasteiger partial charge in [0.05, 0.1) is 47.1 Å². The van der Waals surface area contributed by atoms with Gasteiger partial charge < -0.3 is 24.1 Å².